The third kappa shape index (κ3) is 3.23. The van der Waals surface area contributed by atoms with Gasteiger partial charge in [0.15, 0.2) is 0 Å². The molecule has 0 N–H and O–H groups in total. The second-order valence-electron chi connectivity index (χ2n) is 6.99. The highest BCUT2D eigenvalue weighted by molar-refractivity contribution is 7.89. The van der Waals surface area contributed by atoms with Crippen molar-refractivity contribution in [1.82, 2.24) is 14.2 Å². The summed E-state index contributed by atoms with van der Waals surface area (Å²) in [4.78, 5) is 18.4. The Kier molecular flexibility index (Phi) is 4.35. The lowest BCUT2D eigenvalue weighted by Crippen LogP contribution is -2.58. The van der Waals surface area contributed by atoms with Gasteiger partial charge in [0.25, 0.3) is 5.91 Å². The van der Waals surface area contributed by atoms with E-state index in [-0.39, 0.29) is 30.4 Å². The Balaban J connectivity index is 1.62. The maximum Gasteiger partial charge on any atom is 0.573 e. The van der Waals surface area contributed by atoms with Crippen molar-refractivity contribution in [2.45, 2.75) is 23.7 Å². The first-order valence-corrected chi connectivity index (χ1v) is 10.1. The first-order valence-electron chi connectivity index (χ1n) is 8.66. The van der Waals surface area contributed by atoms with E-state index in [9.17, 15) is 26.4 Å². The molecule has 1 fully saturated rings. The van der Waals surface area contributed by atoms with E-state index in [0.29, 0.717) is 11.3 Å². The number of amides is 1. The number of sulfonamides is 1. The number of pyridine rings is 1. The molecule has 1 unspecified atom stereocenters. The second-order valence-corrected chi connectivity index (χ2v) is 8.93. The molecule has 1 saturated heterocycles. The number of rotatable bonds is 3. The monoisotopic (exact) mass is 427 g/mol. The largest absolute Gasteiger partial charge is 0.573 e. The van der Waals surface area contributed by atoms with Crippen molar-refractivity contribution in [2.24, 2.45) is 0 Å². The summed E-state index contributed by atoms with van der Waals surface area (Å²) < 4.78 is 68.0. The normalized spacial score (nSPS) is 22.3. The predicted molar refractivity (Wildman–Crippen MR) is 94.5 cm³/mol. The molecule has 1 atom stereocenters. The van der Waals surface area contributed by atoms with E-state index in [1.54, 1.807) is 30.2 Å². The lowest BCUT2D eigenvalue weighted by atomic mass is 9.95. The fourth-order valence-electron chi connectivity index (χ4n) is 3.81. The van der Waals surface area contributed by atoms with Crippen LogP contribution in [0.15, 0.2) is 47.5 Å². The zero-order valence-electron chi connectivity index (χ0n) is 15.2. The van der Waals surface area contributed by atoms with Crippen molar-refractivity contribution >= 4 is 15.9 Å². The van der Waals surface area contributed by atoms with Gasteiger partial charge < -0.3 is 9.64 Å². The lowest BCUT2D eigenvalue weighted by Gasteiger charge is -2.44. The molecule has 4 rings (SSSR count). The number of carbonyl (C=O) groups is 1. The Bertz CT molecular complexity index is 1070. The van der Waals surface area contributed by atoms with Crippen LogP contribution < -0.4 is 4.74 Å². The predicted octanol–water partition coefficient (Wildman–Crippen LogP) is 2.36. The molecule has 0 saturated carbocycles. The molecule has 29 heavy (non-hydrogen) atoms. The number of hydrogen-bond acceptors (Lipinski definition) is 5. The molecule has 0 bridgehead atoms. The maximum absolute atomic E-state index is 13.0. The molecule has 11 heteroatoms. The summed E-state index contributed by atoms with van der Waals surface area (Å²) in [5.41, 5.74) is 0.0416. The standard InChI is InChI=1S/C18H16F3N3O4S/c1-17-11-23(9-10-24(17)16(25)14-3-2-8-22-15(14)17)29(26,27)13-6-4-12(5-7-13)28-18(19,20)21/h2-8H,9-11H2,1H3. The Labute approximate surface area is 164 Å². The summed E-state index contributed by atoms with van der Waals surface area (Å²) in [5, 5.41) is 0. The molecule has 0 aliphatic carbocycles. The van der Waals surface area contributed by atoms with Crippen molar-refractivity contribution in [3.05, 3.63) is 53.9 Å². The highest BCUT2D eigenvalue weighted by Crippen LogP contribution is 2.41. The van der Waals surface area contributed by atoms with Gasteiger partial charge in [0.1, 0.15) is 5.75 Å². The van der Waals surface area contributed by atoms with E-state index in [4.69, 9.17) is 0 Å². The number of ether oxygens (including phenoxy) is 1. The van der Waals surface area contributed by atoms with E-state index in [0.717, 1.165) is 24.3 Å². The van der Waals surface area contributed by atoms with Gasteiger partial charge in [0.2, 0.25) is 10.0 Å². The van der Waals surface area contributed by atoms with Crippen LogP contribution in [0.25, 0.3) is 0 Å². The van der Waals surface area contributed by atoms with Crippen molar-refractivity contribution < 1.29 is 31.1 Å². The molecule has 154 valence electrons. The smallest absolute Gasteiger partial charge is 0.406 e. The average molecular weight is 427 g/mol. The fraction of sp³-hybridized carbons (Fsp3) is 0.333. The summed E-state index contributed by atoms with van der Waals surface area (Å²) in [6.07, 6.45) is -3.31. The Morgan fingerprint density at radius 2 is 1.83 bits per heavy atom. The highest BCUT2D eigenvalue weighted by atomic mass is 32.2. The number of piperazine rings is 1. The van der Waals surface area contributed by atoms with E-state index >= 15 is 0 Å². The van der Waals surface area contributed by atoms with E-state index in [1.165, 1.54) is 4.31 Å². The van der Waals surface area contributed by atoms with Crippen molar-refractivity contribution in [3.63, 3.8) is 0 Å². The van der Waals surface area contributed by atoms with Crippen LogP contribution in [0.1, 0.15) is 23.0 Å². The van der Waals surface area contributed by atoms with Gasteiger partial charge in [-0.15, -0.1) is 13.2 Å². The minimum absolute atomic E-state index is 0.00805. The first-order chi connectivity index (χ1) is 13.5. The summed E-state index contributed by atoms with van der Waals surface area (Å²) in [5.74, 6) is -0.700. The fourth-order valence-corrected chi connectivity index (χ4v) is 5.34. The molecule has 3 heterocycles. The van der Waals surface area contributed by atoms with Crippen LogP contribution in [0, 0.1) is 0 Å². The third-order valence-corrected chi connectivity index (χ3v) is 7.00. The lowest BCUT2D eigenvalue weighted by molar-refractivity contribution is -0.274. The molecular formula is C18H16F3N3O4S. The van der Waals surface area contributed by atoms with E-state index in [2.05, 4.69) is 9.72 Å². The molecule has 1 amide bonds. The molecule has 1 aromatic carbocycles. The number of fused-ring (bicyclic) bond motifs is 3. The molecule has 2 aromatic rings. The summed E-state index contributed by atoms with van der Waals surface area (Å²) in [6.45, 7) is 2.00. The number of halogens is 3. The van der Waals surface area contributed by atoms with Crippen molar-refractivity contribution in [1.29, 1.82) is 0 Å². The van der Waals surface area contributed by atoms with E-state index < -0.39 is 27.7 Å². The zero-order chi connectivity index (χ0) is 21.0. The molecule has 1 aromatic heterocycles. The van der Waals surface area contributed by atoms with Crippen molar-refractivity contribution in [2.75, 3.05) is 19.6 Å². The second kappa shape index (κ2) is 6.42. The van der Waals surface area contributed by atoms with Gasteiger partial charge in [-0.2, -0.15) is 4.31 Å². The number of carbonyl (C=O) groups excluding carboxylic acids is 1. The van der Waals surface area contributed by atoms with Gasteiger partial charge in [-0.3, -0.25) is 9.78 Å². The van der Waals surface area contributed by atoms with Crippen LogP contribution in [0.5, 0.6) is 5.75 Å². The highest BCUT2D eigenvalue weighted by Gasteiger charge is 2.52. The average Bonchev–Trinajstić information content (AvgIpc) is 2.88. The first kappa shape index (κ1) is 19.6. The molecule has 2 aliphatic heterocycles. The summed E-state index contributed by atoms with van der Waals surface area (Å²) >= 11 is 0. The van der Waals surface area contributed by atoms with Gasteiger partial charge >= 0.3 is 6.36 Å². The number of aromatic nitrogens is 1. The minimum Gasteiger partial charge on any atom is -0.406 e. The molecule has 2 aliphatic rings. The van der Waals surface area contributed by atoms with Gasteiger partial charge in [-0.1, -0.05) is 0 Å². The maximum atomic E-state index is 13.0. The third-order valence-electron chi connectivity index (χ3n) is 5.14. The SMILES string of the molecule is CC12CN(S(=O)(=O)c3ccc(OC(F)(F)F)cc3)CCN1C(=O)c1cccnc12. The number of alkyl halides is 3. The zero-order valence-corrected chi connectivity index (χ0v) is 16.0. The molecule has 0 radical (unpaired) electrons. The van der Waals surface area contributed by atoms with Gasteiger partial charge in [0, 0.05) is 25.8 Å². The number of nitrogens with zero attached hydrogens (tertiary/aromatic N) is 3. The Morgan fingerprint density at radius 3 is 2.48 bits per heavy atom. The van der Waals surface area contributed by atoms with Crippen LogP contribution >= 0.6 is 0 Å². The van der Waals surface area contributed by atoms with Crippen LogP contribution in [0.4, 0.5) is 13.2 Å². The Hall–Kier alpha value is -2.66. The van der Waals surface area contributed by atoms with E-state index in [1.807, 2.05) is 0 Å². The number of benzene rings is 1. The summed E-state index contributed by atoms with van der Waals surface area (Å²) in [7, 11) is -3.99. The minimum atomic E-state index is -4.86. The van der Waals surface area contributed by atoms with Crippen molar-refractivity contribution in [3.8, 4) is 5.75 Å². The molecule has 7 nitrogen and oxygen atoms in total. The van der Waals surface area contributed by atoms with Crippen LogP contribution in [0.2, 0.25) is 0 Å². The molecular weight excluding hydrogens is 411 g/mol. The van der Waals surface area contributed by atoms with Gasteiger partial charge in [0.05, 0.1) is 21.7 Å². The quantitative estimate of drug-likeness (QED) is 0.752. The molecule has 0 spiro atoms. The summed E-state index contributed by atoms with van der Waals surface area (Å²) in [6, 6.07) is 7.35. The Morgan fingerprint density at radius 1 is 1.14 bits per heavy atom. The van der Waals surface area contributed by atoms with Gasteiger partial charge in [-0.05, 0) is 43.3 Å². The van der Waals surface area contributed by atoms with Gasteiger partial charge in [-0.25, -0.2) is 8.42 Å². The van der Waals surface area contributed by atoms with Crippen LogP contribution in [0.3, 0.4) is 0 Å². The van der Waals surface area contributed by atoms with Crippen LogP contribution in [-0.4, -0.2) is 54.5 Å². The topological polar surface area (TPSA) is 79.8 Å². The van der Waals surface area contributed by atoms with Crippen LogP contribution in [-0.2, 0) is 15.6 Å². The number of hydrogen-bond donors (Lipinski definition) is 0.